The first-order valence-corrected chi connectivity index (χ1v) is 20.7. The van der Waals surface area contributed by atoms with Gasteiger partial charge < -0.3 is 0 Å². The van der Waals surface area contributed by atoms with Crippen LogP contribution in [0.25, 0.3) is 0 Å². The molecule has 55 heavy (non-hydrogen) atoms. The van der Waals surface area contributed by atoms with Crippen molar-refractivity contribution >= 4 is 31.8 Å². The average molecular weight is 827 g/mol. The van der Waals surface area contributed by atoms with E-state index in [1.807, 2.05) is 0 Å². The fourth-order valence-electron chi connectivity index (χ4n) is 9.06. The predicted molar refractivity (Wildman–Crippen MR) is 197 cm³/mol. The van der Waals surface area contributed by atoms with Crippen molar-refractivity contribution in [2.45, 2.75) is 127 Å². The summed E-state index contributed by atoms with van der Waals surface area (Å²) in [4.78, 5) is 0. The molecule has 0 heterocycles. The van der Waals surface area contributed by atoms with Crippen LogP contribution in [0, 0.1) is 5.92 Å². The Bertz CT molecular complexity index is 1750. The van der Waals surface area contributed by atoms with E-state index in [0.717, 1.165) is 24.8 Å². The smallest absolute Gasteiger partial charge is 0.166 e. The van der Waals surface area contributed by atoms with Crippen molar-refractivity contribution in [3.63, 3.8) is 0 Å². The standard InChI is InChI=1S/C41H44F12P2/c1-23(55(36(2,3)4)37(5,6)7)33-16-24-12-8-9-13-31(24)35(33)32-14-10-11-15-34(32)54(29-19-25(38(42,43)44)17-26(20-29)39(45,46)47)30-21-27(40(48,49)50)18-28(22-30)41(51,52)53/h10-11,14-15,17-23,33,35H,8-9,12-13,16H2,1-7H3/t23-,33+,35-/m1/s1. The molecule has 0 radical (unpaired) electrons. The molecule has 0 aliphatic heterocycles. The SMILES string of the molecule is C[C@H]([C@@H]1CC2=C(CCCC2)[C@@H]1c1ccccc1P(c1cc(C(F)(F)F)cc(C(F)(F)F)c1)c1cc(C(F)(F)F)cc(C(F)(F)F)c1)P(C(C)(C)C)C(C)(C)C. The lowest BCUT2D eigenvalue weighted by Gasteiger charge is -2.48. The van der Waals surface area contributed by atoms with Crippen molar-refractivity contribution in [2.24, 2.45) is 5.92 Å². The summed E-state index contributed by atoms with van der Waals surface area (Å²) in [6.07, 6.45) is -17.3. The van der Waals surface area contributed by atoms with E-state index in [0.29, 0.717) is 42.7 Å². The molecule has 2 aliphatic rings. The maximum atomic E-state index is 14.3. The molecule has 0 unspecified atom stereocenters. The third-order valence-electron chi connectivity index (χ3n) is 10.6. The second-order valence-electron chi connectivity index (χ2n) is 16.6. The van der Waals surface area contributed by atoms with E-state index in [1.165, 1.54) is 17.7 Å². The van der Waals surface area contributed by atoms with Crippen LogP contribution < -0.4 is 15.9 Å². The summed E-state index contributed by atoms with van der Waals surface area (Å²) >= 11 is 0. The van der Waals surface area contributed by atoms with Crippen molar-refractivity contribution in [3.8, 4) is 0 Å². The summed E-state index contributed by atoms with van der Waals surface area (Å²) in [7, 11) is -3.64. The van der Waals surface area contributed by atoms with Gasteiger partial charge in [-0.2, -0.15) is 52.7 Å². The van der Waals surface area contributed by atoms with Gasteiger partial charge in [-0.3, -0.25) is 0 Å². The topological polar surface area (TPSA) is 0 Å². The van der Waals surface area contributed by atoms with Crippen molar-refractivity contribution in [1.82, 2.24) is 0 Å². The van der Waals surface area contributed by atoms with Crippen LogP contribution in [0.5, 0.6) is 0 Å². The average Bonchev–Trinajstić information content (AvgIpc) is 3.42. The normalized spacial score (nSPS) is 19.7. The first-order chi connectivity index (χ1) is 25.0. The largest absolute Gasteiger partial charge is 0.416 e. The third-order valence-corrected chi connectivity index (χ3v) is 17.1. The first-order valence-electron chi connectivity index (χ1n) is 18.0. The van der Waals surface area contributed by atoms with Gasteiger partial charge in [-0.1, -0.05) is 91.8 Å². The monoisotopic (exact) mass is 826 g/mol. The maximum absolute atomic E-state index is 14.3. The molecule has 0 bridgehead atoms. The quantitative estimate of drug-likeness (QED) is 0.132. The molecule has 14 heteroatoms. The number of hydrogen-bond acceptors (Lipinski definition) is 0. The molecule has 2 aliphatic carbocycles. The summed E-state index contributed by atoms with van der Waals surface area (Å²) in [6, 6.07) is 7.84. The molecule has 0 fully saturated rings. The van der Waals surface area contributed by atoms with Crippen LogP contribution in [0.4, 0.5) is 52.7 Å². The first kappa shape index (κ1) is 43.5. The van der Waals surface area contributed by atoms with Crippen molar-refractivity contribution in [2.75, 3.05) is 0 Å². The molecule has 0 nitrogen and oxygen atoms in total. The number of benzene rings is 3. The van der Waals surface area contributed by atoms with Gasteiger partial charge in [0.25, 0.3) is 0 Å². The molecule has 0 spiro atoms. The van der Waals surface area contributed by atoms with E-state index in [-0.39, 0.29) is 39.3 Å². The number of alkyl halides is 12. The Morgan fingerprint density at radius 1 is 0.564 bits per heavy atom. The Hall–Kier alpha value is -2.58. The van der Waals surface area contributed by atoms with E-state index in [4.69, 9.17) is 0 Å². The van der Waals surface area contributed by atoms with Gasteiger partial charge in [-0.15, -0.1) is 0 Å². The van der Waals surface area contributed by atoms with Crippen molar-refractivity contribution < 1.29 is 52.7 Å². The summed E-state index contributed by atoms with van der Waals surface area (Å²) in [6.45, 7) is 15.2. The lowest BCUT2D eigenvalue weighted by Crippen LogP contribution is -2.36. The molecule has 0 N–H and O–H groups in total. The number of hydrogen-bond donors (Lipinski definition) is 0. The van der Waals surface area contributed by atoms with Gasteiger partial charge in [-0.05, 0) is 120 Å². The molecule has 0 amide bonds. The van der Waals surface area contributed by atoms with Crippen LogP contribution >= 0.6 is 15.8 Å². The van der Waals surface area contributed by atoms with Gasteiger partial charge in [-0.25, -0.2) is 0 Å². The molecule has 0 saturated carbocycles. The zero-order valence-corrected chi connectivity index (χ0v) is 33.3. The van der Waals surface area contributed by atoms with E-state index < -0.39 is 79.3 Å². The minimum atomic E-state index is -5.31. The summed E-state index contributed by atoms with van der Waals surface area (Å²) in [5.74, 6) is -0.480. The Labute approximate surface area is 316 Å². The summed E-state index contributed by atoms with van der Waals surface area (Å²) in [5, 5.41) is -1.47. The highest BCUT2D eigenvalue weighted by atomic mass is 31.1. The highest BCUT2D eigenvalue weighted by molar-refractivity contribution is 7.80. The molecule has 302 valence electrons. The fourth-order valence-corrected chi connectivity index (χ4v) is 16.8. The van der Waals surface area contributed by atoms with Gasteiger partial charge >= 0.3 is 24.7 Å². The fraction of sp³-hybridized carbons (Fsp3) is 0.512. The highest BCUT2D eigenvalue weighted by Gasteiger charge is 2.48. The number of halogens is 12. The molecular formula is C41H44F12P2. The van der Waals surface area contributed by atoms with E-state index in [1.54, 1.807) is 12.1 Å². The maximum Gasteiger partial charge on any atom is 0.416 e. The zero-order chi connectivity index (χ0) is 41.3. The summed E-state index contributed by atoms with van der Waals surface area (Å²) < 4.78 is 172. The van der Waals surface area contributed by atoms with Crippen molar-refractivity contribution in [1.29, 1.82) is 0 Å². The molecule has 3 aromatic carbocycles. The highest BCUT2D eigenvalue weighted by Crippen LogP contribution is 2.67. The molecule has 0 aromatic heterocycles. The summed E-state index contributed by atoms with van der Waals surface area (Å²) in [5.41, 5.74) is -3.95. The van der Waals surface area contributed by atoms with E-state index in [2.05, 4.69) is 48.5 Å². The van der Waals surface area contributed by atoms with E-state index >= 15 is 0 Å². The lowest BCUT2D eigenvalue weighted by atomic mass is 9.81. The molecule has 3 aromatic rings. The van der Waals surface area contributed by atoms with Crippen LogP contribution in [-0.4, -0.2) is 16.0 Å². The Morgan fingerprint density at radius 2 is 0.964 bits per heavy atom. The van der Waals surface area contributed by atoms with Crippen LogP contribution in [0.1, 0.15) is 114 Å². The number of allylic oxidation sites excluding steroid dienone is 2. The van der Waals surface area contributed by atoms with Gasteiger partial charge in [0.1, 0.15) is 0 Å². The molecule has 5 rings (SSSR count). The Balaban J connectivity index is 1.88. The van der Waals surface area contributed by atoms with Gasteiger partial charge in [0.15, 0.2) is 0 Å². The minimum absolute atomic E-state index is 0.0701. The molecule has 0 saturated heterocycles. The third kappa shape index (κ3) is 9.43. The van der Waals surface area contributed by atoms with Crippen LogP contribution in [-0.2, 0) is 24.7 Å². The van der Waals surface area contributed by atoms with Crippen LogP contribution in [0.15, 0.2) is 71.8 Å². The van der Waals surface area contributed by atoms with Crippen LogP contribution in [0.3, 0.4) is 0 Å². The zero-order valence-electron chi connectivity index (χ0n) is 31.5. The van der Waals surface area contributed by atoms with Crippen molar-refractivity contribution in [3.05, 3.63) is 99.6 Å². The lowest BCUT2D eigenvalue weighted by molar-refractivity contribution is -0.144. The molecular weight excluding hydrogens is 782 g/mol. The second kappa shape index (κ2) is 15.0. The van der Waals surface area contributed by atoms with Gasteiger partial charge in [0.05, 0.1) is 22.3 Å². The molecule has 3 atom stereocenters. The van der Waals surface area contributed by atoms with Crippen LogP contribution in [0.2, 0.25) is 0 Å². The number of rotatable bonds is 6. The predicted octanol–water partition coefficient (Wildman–Crippen LogP) is 14.0. The van der Waals surface area contributed by atoms with E-state index in [9.17, 15) is 52.7 Å². The minimum Gasteiger partial charge on any atom is -0.166 e. The Kier molecular flexibility index (Phi) is 11.9. The van der Waals surface area contributed by atoms with Gasteiger partial charge in [0.2, 0.25) is 0 Å². The Morgan fingerprint density at radius 3 is 1.36 bits per heavy atom. The second-order valence-corrected chi connectivity index (χ2v) is 23.0. The van der Waals surface area contributed by atoms with Gasteiger partial charge in [0, 0.05) is 5.92 Å².